The predicted molar refractivity (Wildman–Crippen MR) is 71.4 cm³/mol. The van der Waals surface area contributed by atoms with E-state index < -0.39 is 5.60 Å². The Bertz CT molecular complexity index is 260. The molecule has 1 N–H and O–H groups in total. The van der Waals surface area contributed by atoms with Gasteiger partial charge in [0, 0.05) is 12.6 Å². The van der Waals surface area contributed by atoms with Gasteiger partial charge in [-0.25, -0.2) is 0 Å². The summed E-state index contributed by atoms with van der Waals surface area (Å²) in [7, 11) is 0. The fourth-order valence-electron chi connectivity index (χ4n) is 2.54. The Balaban J connectivity index is 2.53. The van der Waals surface area contributed by atoms with Crippen molar-refractivity contribution in [3.05, 3.63) is 0 Å². The average Bonchev–Trinajstić information content (AvgIpc) is 2.29. The first kappa shape index (κ1) is 15.4. The normalized spacial score (nSPS) is 19.2. The van der Waals surface area contributed by atoms with E-state index in [2.05, 4.69) is 0 Å². The highest BCUT2D eigenvalue weighted by atomic mass is 16.5. The molecule has 1 fully saturated rings. The predicted octanol–water partition coefficient (Wildman–Crippen LogP) is 1.96. The van der Waals surface area contributed by atoms with E-state index >= 15 is 0 Å². The molecule has 0 aromatic heterocycles. The number of carbonyl (C=O) groups excluding carboxylic acids is 1. The van der Waals surface area contributed by atoms with E-state index in [-0.39, 0.29) is 18.6 Å². The number of nitrogens with zero attached hydrogens (tertiary/aromatic N) is 1. The van der Waals surface area contributed by atoms with Gasteiger partial charge in [0.1, 0.15) is 0 Å². The van der Waals surface area contributed by atoms with Crippen LogP contribution in [0.5, 0.6) is 0 Å². The summed E-state index contributed by atoms with van der Waals surface area (Å²) in [6.45, 7) is 7.16. The number of ether oxygens (including phenoxy) is 1. The summed E-state index contributed by atoms with van der Waals surface area (Å²) in [6, 6.07) is 0.236. The van der Waals surface area contributed by atoms with Gasteiger partial charge in [0.15, 0.2) is 0 Å². The van der Waals surface area contributed by atoms with Crippen LogP contribution in [0.3, 0.4) is 0 Å². The Labute approximate surface area is 110 Å². The molecule has 0 saturated heterocycles. The quantitative estimate of drug-likeness (QED) is 0.739. The smallest absolute Gasteiger partial charge is 0.320 e. The van der Waals surface area contributed by atoms with Crippen molar-refractivity contribution < 1.29 is 14.6 Å². The molecule has 1 rings (SSSR count). The van der Waals surface area contributed by atoms with Crippen LogP contribution in [0.15, 0.2) is 0 Å². The number of aliphatic hydroxyl groups is 1. The highest BCUT2D eigenvalue weighted by Gasteiger charge is 2.32. The molecule has 0 amide bonds. The molecule has 1 aliphatic carbocycles. The van der Waals surface area contributed by atoms with Crippen molar-refractivity contribution in [1.82, 2.24) is 4.90 Å². The van der Waals surface area contributed by atoms with Crippen LogP contribution in [-0.4, -0.2) is 47.3 Å². The maximum atomic E-state index is 11.6. The third kappa shape index (κ3) is 4.94. The molecule has 0 radical (unpaired) electrons. The maximum Gasteiger partial charge on any atom is 0.320 e. The van der Waals surface area contributed by atoms with Crippen LogP contribution < -0.4 is 0 Å². The molecule has 0 heterocycles. The number of rotatable bonds is 6. The lowest BCUT2D eigenvalue weighted by Crippen LogP contribution is -2.48. The summed E-state index contributed by atoms with van der Waals surface area (Å²) in [5.74, 6) is -0.203. The summed E-state index contributed by atoms with van der Waals surface area (Å²) < 4.78 is 4.98. The number of hydrogen-bond acceptors (Lipinski definition) is 4. The fourth-order valence-corrected chi connectivity index (χ4v) is 2.54. The molecule has 18 heavy (non-hydrogen) atoms. The second-order valence-electron chi connectivity index (χ2n) is 5.59. The van der Waals surface area contributed by atoms with Crippen molar-refractivity contribution in [3.63, 3.8) is 0 Å². The average molecular weight is 257 g/mol. The highest BCUT2D eigenvalue weighted by molar-refractivity contribution is 5.71. The summed E-state index contributed by atoms with van der Waals surface area (Å²) in [6.07, 6.45) is 5.07. The zero-order valence-corrected chi connectivity index (χ0v) is 11.9. The molecular weight excluding hydrogens is 230 g/mol. The molecule has 0 aliphatic heterocycles. The molecule has 0 unspecified atom stereocenters. The monoisotopic (exact) mass is 257 g/mol. The molecule has 4 nitrogen and oxygen atoms in total. The van der Waals surface area contributed by atoms with Crippen molar-refractivity contribution in [2.24, 2.45) is 0 Å². The number of esters is 1. The molecule has 0 aromatic carbocycles. The van der Waals surface area contributed by atoms with E-state index in [1.54, 1.807) is 0 Å². The van der Waals surface area contributed by atoms with E-state index in [1.165, 1.54) is 6.42 Å². The molecule has 0 aromatic rings. The fraction of sp³-hybridized carbons (Fsp3) is 0.929. The van der Waals surface area contributed by atoms with E-state index in [4.69, 9.17) is 4.74 Å². The Morgan fingerprint density at radius 3 is 2.44 bits per heavy atom. The van der Waals surface area contributed by atoms with Crippen LogP contribution in [-0.2, 0) is 9.53 Å². The van der Waals surface area contributed by atoms with Gasteiger partial charge in [0.2, 0.25) is 0 Å². The van der Waals surface area contributed by atoms with Crippen molar-refractivity contribution in [2.75, 3.05) is 19.7 Å². The number of carbonyl (C=O) groups is 1. The SMILES string of the molecule is CCOC(=O)CN(CC1(O)CCCCC1)C(C)C. The summed E-state index contributed by atoms with van der Waals surface area (Å²) in [5, 5.41) is 10.5. The second kappa shape index (κ2) is 7.10. The first-order valence-corrected chi connectivity index (χ1v) is 7.09. The van der Waals surface area contributed by atoms with Gasteiger partial charge < -0.3 is 9.84 Å². The summed E-state index contributed by atoms with van der Waals surface area (Å²) >= 11 is 0. The number of hydrogen-bond donors (Lipinski definition) is 1. The van der Waals surface area contributed by atoms with Gasteiger partial charge >= 0.3 is 5.97 Å². The van der Waals surface area contributed by atoms with E-state index in [9.17, 15) is 9.90 Å². The van der Waals surface area contributed by atoms with Crippen LogP contribution in [0, 0.1) is 0 Å². The first-order valence-electron chi connectivity index (χ1n) is 7.09. The zero-order chi connectivity index (χ0) is 13.6. The van der Waals surface area contributed by atoms with Crippen molar-refractivity contribution in [2.45, 2.75) is 64.5 Å². The van der Waals surface area contributed by atoms with Gasteiger partial charge in [0.05, 0.1) is 18.8 Å². The van der Waals surface area contributed by atoms with Crippen LogP contribution in [0.25, 0.3) is 0 Å². The van der Waals surface area contributed by atoms with E-state index in [0.29, 0.717) is 13.2 Å². The minimum absolute atomic E-state index is 0.203. The molecule has 1 saturated carbocycles. The standard InChI is InChI=1S/C14H27NO3/c1-4-18-13(16)10-15(12(2)3)11-14(17)8-6-5-7-9-14/h12,17H,4-11H2,1-3H3. The Morgan fingerprint density at radius 2 is 1.94 bits per heavy atom. The highest BCUT2D eigenvalue weighted by Crippen LogP contribution is 2.29. The largest absolute Gasteiger partial charge is 0.465 e. The third-order valence-corrected chi connectivity index (χ3v) is 3.65. The summed E-state index contributed by atoms with van der Waals surface area (Å²) in [4.78, 5) is 13.6. The van der Waals surface area contributed by atoms with E-state index in [0.717, 1.165) is 25.7 Å². The lowest BCUT2D eigenvalue weighted by atomic mass is 9.84. The lowest BCUT2D eigenvalue weighted by molar-refractivity contribution is -0.146. The Morgan fingerprint density at radius 1 is 1.33 bits per heavy atom. The van der Waals surface area contributed by atoms with Crippen LogP contribution in [0.1, 0.15) is 52.9 Å². The summed E-state index contributed by atoms with van der Waals surface area (Å²) in [5.41, 5.74) is -0.616. The third-order valence-electron chi connectivity index (χ3n) is 3.65. The van der Waals surface area contributed by atoms with Gasteiger partial charge in [-0.2, -0.15) is 0 Å². The lowest BCUT2D eigenvalue weighted by Gasteiger charge is -2.38. The minimum atomic E-state index is -0.616. The van der Waals surface area contributed by atoms with Crippen LogP contribution >= 0.6 is 0 Å². The van der Waals surface area contributed by atoms with Crippen molar-refractivity contribution in [3.8, 4) is 0 Å². The first-order chi connectivity index (χ1) is 8.47. The van der Waals surface area contributed by atoms with Gasteiger partial charge in [0.25, 0.3) is 0 Å². The van der Waals surface area contributed by atoms with Gasteiger partial charge in [-0.3, -0.25) is 9.69 Å². The molecule has 1 aliphatic rings. The van der Waals surface area contributed by atoms with Gasteiger partial charge in [-0.1, -0.05) is 19.3 Å². The maximum absolute atomic E-state index is 11.6. The van der Waals surface area contributed by atoms with Crippen molar-refractivity contribution >= 4 is 5.97 Å². The Hall–Kier alpha value is -0.610. The van der Waals surface area contributed by atoms with Crippen LogP contribution in [0.4, 0.5) is 0 Å². The zero-order valence-electron chi connectivity index (χ0n) is 11.9. The topological polar surface area (TPSA) is 49.8 Å². The van der Waals surface area contributed by atoms with E-state index in [1.807, 2.05) is 25.7 Å². The molecular formula is C14H27NO3. The molecule has 0 bridgehead atoms. The minimum Gasteiger partial charge on any atom is -0.465 e. The molecule has 0 spiro atoms. The molecule has 0 atom stereocenters. The second-order valence-corrected chi connectivity index (χ2v) is 5.59. The van der Waals surface area contributed by atoms with Gasteiger partial charge in [-0.15, -0.1) is 0 Å². The van der Waals surface area contributed by atoms with Crippen LogP contribution in [0.2, 0.25) is 0 Å². The molecule has 106 valence electrons. The van der Waals surface area contributed by atoms with Gasteiger partial charge in [-0.05, 0) is 33.6 Å². The Kier molecular flexibility index (Phi) is 6.09. The van der Waals surface area contributed by atoms with Crippen molar-refractivity contribution in [1.29, 1.82) is 0 Å². The molecule has 4 heteroatoms.